The van der Waals surface area contributed by atoms with Crippen LogP contribution in [-0.2, 0) is 26.5 Å². The van der Waals surface area contributed by atoms with E-state index in [2.05, 4.69) is 0 Å². The molecule has 4 heteroatoms. The minimum Gasteiger partial charge on any atom is 0 e. The minimum atomic E-state index is -1.08. The van der Waals surface area contributed by atoms with Crippen LogP contribution in [0.15, 0.2) is 0 Å². The van der Waals surface area contributed by atoms with Crippen LogP contribution in [0.25, 0.3) is 0 Å². The predicted octanol–water partition coefficient (Wildman–Crippen LogP) is 0.621. The summed E-state index contributed by atoms with van der Waals surface area (Å²) in [5.74, 6) is 0. The Morgan fingerprint density at radius 2 is 1.25 bits per heavy atom. The molecule has 0 bridgehead atoms. The molecule has 0 aliphatic carbocycles. The van der Waals surface area contributed by atoms with Crippen molar-refractivity contribution in [1.29, 1.82) is 0 Å². The average Bonchev–Trinajstić information content (AvgIpc) is 0.918. The summed E-state index contributed by atoms with van der Waals surface area (Å²) in [5.41, 5.74) is 0. The zero-order valence-electron chi connectivity index (χ0n) is 1.67. The van der Waals surface area contributed by atoms with Gasteiger partial charge in [-0.25, -0.2) is 0 Å². The Hall–Kier alpha value is 0.562. The summed E-state index contributed by atoms with van der Waals surface area (Å²) in [7, 11) is -1.08. The Balaban J connectivity index is 0. The van der Waals surface area contributed by atoms with Crippen LogP contribution in [0, 0.1) is 0 Å². The molecule has 0 atom stereocenters. The number of hydrogen-bond donors (Lipinski definition) is 0. The number of hydrogen-bond acceptors (Lipinski definition) is 2. The van der Waals surface area contributed by atoms with Gasteiger partial charge in [-0.2, -0.15) is 0 Å². The molecule has 0 unspecified atom stereocenters. The van der Waals surface area contributed by atoms with Gasteiger partial charge in [0.05, 0.1) is 0 Å². The van der Waals surface area contributed by atoms with Gasteiger partial charge in [0.1, 0.15) is 0 Å². The van der Waals surface area contributed by atoms with Crippen molar-refractivity contribution in [3.63, 3.8) is 0 Å². The third kappa shape index (κ3) is 19.8. The third-order valence-corrected chi connectivity index (χ3v) is 0. The fourth-order valence-electron chi connectivity index (χ4n) is 0. The monoisotopic (exact) mass is 115 g/mol. The van der Waals surface area contributed by atoms with Crippen LogP contribution >= 0.6 is 8.34 Å². The van der Waals surface area contributed by atoms with Crippen molar-refractivity contribution in [2.75, 3.05) is 0 Å². The molecule has 0 rings (SSSR count). The van der Waals surface area contributed by atoms with E-state index in [1.165, 1.54) is 0 Å². The van der Waals surface area contributed by atoms with Crippen molar-refractivity contribution in [2.45, 2.75) is 0 Å². The van der Waals surface area contributed by atoms with Crippen molar-refractivity contribution in [3.05, 3.63) is 0 Å². The quantitative estimate of drug-likeness (QED) is 0.433. The molecule has 2 nitrogen and oxygen atoms in total. The van der Waals surface area contributed by atoms with E-state index >= 15 is 0 Å². The maximum Gasteiger partial charge on any atom is 0 e. The summed E-state index contributed by atoms with van der Waals surface area (Å²) in [6.07, 6.45) is 0. The van der Waals surface area contributed by atoms with E-state index in [9.17, 15) is 0 Å². The SMILES string of the molecule is O=[P+]=O.[Cr]. The van der Waals surface area contributed by atoms with Crippen molar-refractivity contribution in [3.8, 4) is 0 Å². The molecule has 0 aliphatic rings. The Labute approximate surface area is 35.6 Å². The van der Waals surface area contributed by atoms with Crippen LogP contribution < -0.4 is 0 Å². The van der Waals surface area contributed by atoms with Gasteiger partial charge in [-0.3, -0.25) is 0 Å². The molecule has 4 heavy (non-hydrogen) atoms. The molecule has 0 radical (unpaired) electrons. The molecule has 0 fully saturated rings. The molecule has 0 saturated carbocycles. The van der Waals surface area contributed by atoms with Crippen molar-refractivity contribution in [1.82, 2.24) is 0 Å². The largest absolute Gasteiger partial charge is 0 e. The molecule has 0 heterocycles. The molecule has 0 aromatic heterocycles. The summed E-state index contributed by atoms with van der Waals surface area (Å²) in [6, 6.07) is 0. The molecule has 0 amide bonds. The van der Waals surface area contributed by atoms with Gasteiger partial charge in [-0.05, 0) is 0 Å². The fourth-order valence-corrected chi connectivity index (χ4v) is 0. The van der Waals surface area contributed by atoms with E-state index in [1.807, 2.05) is 0 Å². The van der Waals surface area contributed by atoms with Gasteiger partial charge in [-0.1, -0.05) is 0 Å². The Morgan fingerprint density at radius 1 is 1.25 bits per heavy atom. The van der Waals surface area contributed by atoms with Gasteiger partial charge in [-0.15, -0.1) is 0 Å². The summed E-state index contributed by atoms with van der Waals surface area (Å²) in [5, 5.41) is 0. The van der Waals surface area contributed by atoms with Gasteiger partial charge < -0.3 is 0 Å². The molecule has 0 spiro atoms. The smallest absolute Gasteiger partial charge is 0 e. The Bertz CT molecular complexity index is 27.0. The average molecular weight is 115 g/mol. The zero-order chi connectivity index (χ0) is 2.71. The van der Waals surface area contributed by atoms with Crippen molar-refractivity contribution < 1.29 is 26.5 Å². The maximum atomic E-state index is 8.35. The molecule has 0 aromatic rings. The van der Waals surface area contributed by atoms with Gasteiger partial charge in [0.25, 0.3) is 0 Å². The van der Waals surface area contributed by atoms with E-state index in [0.29, 0.717) is 0 Å². The van der Waals surface area contributed by atoms with E-state index in [0.717, 1.165) is 0 Å². The summed E-state index contributed by atoms with van der Waals surface area (Å²) >= 11 is 0. The standard InChI is InChI=1S/Cr.O2P/c;1-3-2/q;+1. The second-order valence-electron chi connectivity index (χ2n) is 0.0745. The Kier molecular flexibility index (Phi) is 21.1. The van der Waals surface area contributed by atoms with E-state index in [4.69, 9.17) is 9.13 Å². The Morgan fingerprint density at radius 3 is 1.25 bits per heavy atom. The topological polar surface area (TPSA) is 34.1 Å². The first kappa shape index (κ1) is 8.82. The van der Waals surface area contributed by atoms with Crippen LogP contribution in [0.2, 0.25) is 0 Å². The van der Waals surface area contributed by atoms with Gasteiger partial charge in [0, 0.05) is 17.4 Å². The molecular formula is CrO2P+. The first-order chi connectivity index (χ1) is 1.41. The molecule has 0 aliphatic heterocycles. The minimum absolute atomic E-state index is 0. The third-order valence-electron chi connectivity index (χ3n) is 0. The zero-order valence-corrected chi connectivity index (χ0v) is 3.84. The fraction of sp³-hybridized carbons (Fsp3) is 0. The molecule has 22 valence electrons. The second-order valence-corrected chi connectivity index (χ2v) is 0.224. The van der Waals surface area contributed by atoms with Crippen LogP contribution in [0.1, 0.15) is 0 Å². The van der Waals surface area contributed by atoms with E-state index < -0.39 is 8.34 Å². The normalized spacial score (nSPS) is 2.00. The molecule has 0 N–H and O–H groups in total. The molecule has 0 saturated heterocycles. The predicted molar refractivity (Wildman–Crippen MR) is 8.29 cm³/mol. The van der Waals surface area contributed by atoms with Crippen LogP contribution in [0.5, 0.6) is 0 Å². The van der Waals surface area contributed by atoms with Crippen molar-refractivity contribution in [2.24, 2.45) is 0 Å². The van der Waals surface area contributed by atoms with Crippen LogP contribution in [-0.4, -0.2) is 0 Å². The van der Waals surface area contributed by atoms with E-state index in [-0.39, 0.29) is 17.4 Å². The summed E-state index contributed by atoms with van der Waals surface area (Å²) in [6.45, 7) is 0. The second kappa shape index (κ2) is 9.58. The van der Waals surface area contributed by atoms with E-state index in [1.54, 1.807) is 0 Å². The number of rotatable bonds is 0. The molecular weight excluding hydrogens is 115 g/mol. The van der Waals surface area contributed by atoms with Crippen molar-refractivity contribution >= 4 is 8.34 Å². The summed E-state index contributed by atoms with van der Waals surface area (Å²) in [4.78, 5) is 0. The first-order valence-electron chi connectivity index (χ1n) is 0.365. The maximum absolute atomic E-state index is 8.35. The summed E-state index contributed by atoms with van der Waals surface area (Å²) < 4.78 is 16.7. The van der Waals surface area contributed by atoms with Crippen LogP contribution in [0.3, 0.4) is 0 Å². The van der Waals surface area contributed by atoms with Crippen LogP contribution in [0.4, 0.5) is 0 Å². The van der Waals surface area contributed by atoms with Gasteiger partial charge in [0.2, 0.25) is 0 Å². The molecule has 0 aromatic carbocycles. The van der Waals surface area contributed by atoms with Gasteiger partial charge in [0.15, 0.2) is 0 Å². The first-order valence-corrected chi connectivity index (χ1v) is 1.10. The van der Waals surface area contributed by atoms with Gasteiger partial charge >= 0.3 is 17.5 Å².